The number of carbonyl (C=O) groups is 1. The third-order valence-electron chi connectivity index (χ3n) is 3.83. The van der Waals surface area contributed by atoms with Crippen molar-refractivity contribution in [3.8, 4) is 0 Å². The number of nitrogens with one attached hydrogen (secondary N) is 1. The normalized spacial score (nSPS) is 20.5. The summed E-state index contributed by atoms with van der Waals surface area (Å²) in [5.41, 5.74) is 2.67. The van der Waals surface area contributed by atoms with Crippen LogP contribution in [0.15, 0.2) is 0 Å². The first-order valence-electron chi connectivity index (χ1n) is 5.87. The first-order valence-corrected chi connectivity index (χ1v) is 5.87. The quantitative estimate of drug-likeness (QED) is 0.405. The molecule has 3 N–H and O–H groups in total. The molecule has 1 aliphatic rings. The van der Waals surface area contributed by atoms with Gasteiger partial charge in [-0.15, -0.1) is 0 Å². The third-order valence-corrected chi connectivity index (χ3v) is 3.83. The molecule has 1 fully saturated rings. The highest BCUT2D eigenvalue weighted by Gasteiger charge is 2.34. The predicted octanol–water partition coefficient (Wildman–Crippen LogP) is 0.879. The van der Waals surface area contributed by atoms with E-state index in [2.05, 4.69) is 24.2 Å². The Morgan fingerprint density at radius 1 is 1.47 bits per heavy atom. The molecule has 1 saturated heterocycles. The Morgan fingerprint density at radius 2 is 2.13 bits per heavy atom. The van der Waals surface area contributed by atoms with Gasteiger partial charge in [-0.05, 0) is 31.2 Å². The van der Waals surface area contributed by atoms with E-state index in [1.807, 2.05) is 0 Å². The zero-order valence-corrected chi connectivity index (χ0v) is 9.88. The summed E-state index contributed by atoms with van der Waals surface area (Å²) in [4.78, 5) is 13.4. The fourth-order valence-corrected chi connectivity index (χ4v) is 2.38. The minimum absolute atomic E-state index is 0.0690. The molecule has 0 aromatic carbocycles. The molecule has 0 saturated carbocycles. The van der Waals surface area contributed by atoms with Crippen molar-refractivity contribution in [1.29, 1.82) is 0 Å². The number of hydrogen-bond donors (Lipinski definition) is 2. The van der Waals surface area contributed by atoms with E-state index in [1.165, 1.54) is 19.3 Å². The van der Waals surface area contributed by atoms with Crippen molar-refractivity contribution in [2.24, 2.45) is 11.3 Å². The second-order valence-corrected chi connectivity index (χ2v) is 4.55. The van der Waals surface area contributed by atoms with Gasteiger partial charge in [0, 0.05) is 19.5 Å². The molecule has 1 aliphatic heterocycles. The van der Waals surface area contributed by atoms with Crippen molar-refractivity contribution in [3.05, 3.63) is 0 Å². The lowest BCUT2D eigenvalue weighted by Gasteiger charge is -2.26. The topological polar surface area (TPSA) is 58.4 Å². The summed E-state index contributed by atoms with van der Waals surface area (Å²) in [5, 5.41) is 0. The van der Waals surface area contributed by atoms with Gasteiger partial charge in [-0.3, -0.25) is 10.2 Å². The van der Waals surface area contributed by atoms with Crippen molar-refractivity contribution in [2.45, 2.75) is 39.5 Å². The molecule has 0 spiro atoms. The van der Waals surface area contributed by atoms with Crippen LogP contribution in [-0.2, 0) is 4.79 Å². The number of likely N-dealkylation sites (tertiary alicyclic amines) is 1. The second kappa shape index (κ2) is 5.47. The van der Waals surface area contributed by atoms with E-state index >= 15 is 0 Å². The van der Waals surface area contributed by atoms with Gasteiger partial charge < -0.3 is 4.90 Å². The van der Waals surface area contributed by atoms with Crippen molar-refractivity contribution in [2.75, 3.05) is 19.6 Å². The van der Waals surface area contributed by atoms with Crippen LogP contribution in [0.25, 0.3) is 0 Å². The average Bonchev–Trinajstić information content (AvgIpc) is 2.70. The van der Waals surface area contributed by atoms with Gasteiger partial charge in [-0.25, -0.2) is 5.84 Å². The van der Waals surface area contributed by atoms with Crippen LogP contribution >= 0.6 is 0 Å². The first kappa shape index (κ1) is 12.5. The highest BCUT2D eigenvalue weighted by atomic mass is 16.2. The molecule has 1 rings (SSSR count). The van der Waals surface area contributed by atoms with E-state index in [-0.39, 0.29) is 5.91 Å². The summed E-state index contributed by atoms with van der Waals surface area (Å²) in [6.07, 6.45) is 4.26. The molecule has 0 unspecified atom stereocenters. The first-order chi connectivity index (χ1) is 7.15. The number of carbonyl (C=O) groups excluding carboxylic acids is 1. The van der Waals surface area contributed by atoms with Crippen LogP contribution in [0.1, 0.15) is 39.5 Å². The molecule has 1 amide bonds. The Labute approximate surface area is 92.2 Å². The average molecular weight is 213 g/mol. The SMILES string of the molecule is CCC1(CC)CCN(CCC(=O)NN)C1. The third kappa shape index (κ3) is 3.18. The van der Waals surface area contributed by atoms with Crippen LogP contribution in [0.5, 0.6) is 0 Å². The van der Waals surface area contributed by atoms with Crippen LogP contribution in [0.4, 0.5) is 0 Å². The monoisotopic (exact) mass is 213 g/mol. The van der Waals surface area contributed by atoms with Crippen molar-refractivity contribution in [3.63, 3.8) is 0 Å². The van der Waals surface area contributed by atoms with Gasteiger partial charge in [-0.1, -0.05) is 13.8 Å². The predicted molar refractivity (Wildman–Crippen MR) is 61.0 cm³/mol. The summed E-state index contributed by atoms with van der Waals surface area (Å²) < 4.78 is 0. The molecule has 88 valence electrons. The number of hydrazine groups is 1. The number of rotatable bonds is 5. The molecule has 0 bridgehead atoms. The standard InChI is InChI=1S/C11H23N3O/c1-3-11(4-2)6-8-14(9-11)7-5-10(15)13-12/h3-9,12H2,1-2H3,(H,13,15). The number of hydrogen-bond acceptors (Lipinski definition) is 3. The second-order valence-electron chi connectivity index (χ2n) is 4.55. The minimum atomic E-state index is -0.0690. The summed E-state index contributed by atoms with van der Waals surface area (Å²) in [5.74, 6) is 4.98. The molecule has 0 aliphatic carbocycles. The van der Waals surface area contributed by atoms with Crippen LogP contribution in [0, 0.1) is 5.41 Å². The maximum atomic E-state index is 11.0. The zero-order valence-electron chi connectivity index (χ0n) is 9.88. The maximum Gasteiger partial charge on any atom is 0.235 e. The number of nitrogens with two attached hydrogens (primary N) is 1. The summed E-state index contributed by atoms with van der Waals surface area (Å²) >= 11 is 0. The van der Waals surface area contributed by atoms with Gasteiger partial charge in [0.1, 0.15) is 0 Å². The molecule has 0 aromatic rings. The van der Waals surface area contributed by atoms with Crippen molar-refractivity contribution < 1.29 is 4.79 Å². The van der Waals surface area contributed by atoms with Gasteiger partial charge in [0.25, 0.3) is 0 Å². The Hall–Kier alpha value is -0.610. The van der Waals surface area contributed by atoms with Crippen LogP contribution in [0.3, 0.4) is 0 Å². The number of nitrogens with zero attached hydrogens (tertiary/aromatic N) is 1. The Balaban J connectivity index is 2.33. The van der Waals surface area contributed by atoms with E-state index in [9.17, 15) is 4.79 Å². The summed E-state index contributed by atoms with van der Waals surface area (Å²) in [6.45, 7) is 7.63. The molecule has 0 aromatic heterocycles. The fourth-order valence-electron chi connectivity index (χ4n) is 2.38. The molecule has 0 atom stereocenters. The van der Waals surface area contributed by atoms with E-state index in [0.717, 1.165) is 19.6 Å². The van der Waals surface area contributed by atoms with Gasteiger partial charge in [0.15, 0.2) is 0 Å². The van der Waals surface area contributed by atoms with Crippen LogP contribution in [0.2, 0.25) is 0 Å². The molecule has 1 heterocycles. The molecule has 4 heteroatoms. The molecular weight excluding hydrogens is 190 g/mol. The lowest BCUT2D eigenvalue weighted by atomic mass is 9.82. The lowest BCUT2D eigenvalue weighted by Crippen LogP contribution is -2.34. The zero-order chi connectivity index (χ0) is 11.3. The molecule has 4 nitrogen and oxygen atoms in total. The van der Waals surface area contributed by atoms with Gasteiger partial charge in [0.05, 0.1) is 0 Å². The number of amides is 1. The Bertz CT molecular complexity index is 214. The lowest BCUT2D eigenvalue weighted by molar-refractivity contribution is -0.121. The van der Waals surface area contributed by atoms with Gasteiger partial charge in [0.2, 0.25) is 5.91 Å². The summed E-state index contributed by atoms with van der Waals surface area (Å²) in [7, 11) is 0. The van der Waals surface area contributed by atoms with E-state index in [1.54, 1.807) is 0 Å². The van der Waals surface area contributed by atoms with E-state index in [0.29, 0.717) is 11.8 Å². The maximum absolute atomic E-state index is 11.0. The molecule has 15 heavy (non-hydrogen) atoms. The molecular formula is C11H23N3O. The van der Waals surface area contributed by atoms with Crippen molar-refractivity contribution in [1.82, 2.24) is 10.3 Å². The Kier molecular flexibility index (Phi) is 4.54. The van der Waals surface area contributed by atoms with Crippen molar-refractivity contribution >= 4 is 5.91 Å². The summed E-state index contributed by atoms with van der Waals surface area (Å²) in [6, 6.07) is 0. The van der Waals surface area contributed by atoms with E-state index in [4.69, 9.17) is 5.84 Å². The largest absolute Gasteiger partial charge is 0.302 e. The van der Waals surface area contributed by atoms with Crippen LogP contribution < -0.4 is 11.3 Å². The highest BCUT2D eigenvalue weighted by Crippen LogP contribution is 2.36. The minimum Gasteiger partial charge on any atom is -0.302 e. The smallest absolute Gasteiger partial charge is 0.235 e. The fraction of sp³-hybridized carbons (Fsp3) is 0.909. The van der Waals surface area contributed by atoms with Crippen LogP contribution in [-0.4, -0.2) is 30.4 Å². The molecule has 0 radical (unpaired) electrons. The van der Waals surface area contributed by atoms with E-state index < -0.39 is 0 Å². The van der Waals surface area contributed by atoms with Gasteiger partial charge in [-0.2, -0.15) is 0 Å². The van der Waals surface area contributed by atoms with Gasteiger partial charge >= 0.3 is 0 Å². The highest BCUT2D eigenvalue weighted by molar-refractivity contribution is 5.75. The Morgan fingerprint density at radius 3 is 2.60 bits per heavy atom.